The standard InChI is InChI=1S/C16H17IO/c1-11-4-5-12(2)16(13(11)3)18-10-14-6-8-15(17)9-7-14/h4-9H,10H2,1-3H3. The van der Waals surface area contributed by atoms with Gasteiger partial charge < -0.3 is 4.74 Å². The van der Waals surface area contributed by atoms with E-state index in [1.807, 2.05) is 0 Å². The zero-order valence-corrected chi connectivity index (χ0v) is 13.1. The van der Waals surface area contributed by atoms with Crippen LogP contribution < -0.4 is 4.74 Å². The molecule has 0 saturated heterocycles. The molecule has 0 atom stereocenters. The second kappa shape index (κ2) is 5.74. The van der Waals surface area contributed by atoms with Gasteiger partial charge in [0.05, 0.1) is 0 Å². The maximum atomic E-state index is 5.97. The molecular formula is C16H17IO. The first-order valence-corrected chi connectivity index (χ1v) is 7.10. The average molecular weight is 352 g/mol. The van der Waals surface area contributed by atoms with Gasteiger partial charge in [-0.1, -0.05) is 24.3 Å². The van der Waals surface area contributed by atoms with E-state index >= 15 is 0 Å². The third kappa shape index (κ3) is 3.05. The summed E-state index contributed by atoms with van der Waals surface area (Å²) in [4.78, 5) is 0. The van der Waals surface area contributed by atoms with Crippen LogP contribution in [0.4, 0.5) is 0 Å². The van der Waals surface area contributed by atoms with Crippen molar-refractivity contribution in [2.75, 3.05) is 0 Å². The molecule has 0 spiro atoms. The Morgan fingerprint density at radius 3 is 2.17 bits per heavy atom. The van der Waals surface area contributed by atoms with Crippen molar-refractivity contribution in [1.82, 2.24) is 0 Å². The largest absolute Gasteiger partial charge is 0.488 e. The van der Waals surface area contributed by atoms with E-state index in [4.69, 9.17) is 4.74 Å². The minimum absolute atomic E-state index is 0.627. The van der Waals surface area contributed by atoms with Gasteiger partial charge in [0.1, 0.15) is 12.4 Å². The van der Waals surface area contributed by atoms with E-state index in [1.165, 1.54) is 25.8 Å². The van der Waals surface area contributed by atoms with Crippen molar-refractivity contribution in [1.29, 1.82) is 0 Å². The summed E-state index contributed by atoms with van der Waals surface area (Å²) in [6, 6.07) is 12.7. The predicted octanol–water partition coefficient (Wildman–Crippen LogP) is 4.80. The molecule has 0 fully saturated rings. The fourth-order valence-corrected chi connectivity index (χ4v) is 2.24. The summed E-state index contributed by atoms with van der Waals surface area (Å²) in [5, 5.41) is 0. The van der Waals surface area contributed by atoms with Crippen LogP contribution in [0, 0.1) is 24.3 Å². The van der Waals surface area contributed by atoms with Crippen molar-refractivity contribution in [3.05, 3.63) is 62.2 Å². The molecule has 0 unspecified atom stereocenters. The summed E-state index contributed by atoms with van der Waals surface area (Å²) >= 11 is 2.31. The van der Waals surface area contributed by atoms with E-state index in [9.17, 15) is 0 Å². The van der Waals surface area contributed by atoms with Crippen molar-refractivity contribution in [2.45, 2.75) is 27.4 Å². The molecule has 2 aromatic rings. The van der Waals surface area contributed by atoms with Crippen molar-refractivity contribution < 1.29 is 4.74 Å². The fraction of sp³-hybridized carbons (Fsp3) is 0.250. The van der Waals surface area contributed by atoms with Gasteiger partial charge in [-0.05, 0) is 77.7 Å². The number of ether oxygens (including phenoxy) is 1. The van der Waals surface area contributed by atoms with Gasteiger partial charge in [-0.2, -0.15) is 0 Å². The van der Waals surface area contributed by atoms with Crippen LogP contribution in [0.3, 0.4) is 0 Å². The van der Waals surface area contributed by atoms with Gasteiger partial charge in [-0.3, -0.25) is 0 Å². The molecule has 0 radical (unpaired) electrons. The Morgan fingerprint density at radius 2 is 1.50 bits per heavy atom. The zero-order chi connectivity index (χ0) is 13.1. The summed E-state index contributed by atoms with van der Waals surface area (Å²) in [6.07, 6.45) is 0. The van der Waals surface area contributed by atoms with E-state index in [0.717, 1.165) is 5.75 Å². The van der Waals surface area contributed by atoms with Crippen LogP contribution in [0.15, 0.2) is 36.4 Å². The molecule has 2 heteroatoms. The molecule has 0 aliphatic carbocycles. The van der Waals surface area contributed by atoms with Gasteiger partial charge in [-0.15, -0.1) is 0 Å². The van der Waals surface area contributed by atoms with Gasteiger partial charge in [0.2, 0.25) is 0 Å². The lowest BCUT2D eigenvalue weighted by atomic mass is 10.1. The SMILES string of the molecule is Cc1ccc(C)c(OCc2ccc(I)cc2)c1C. The Morgan fingerprint density at radius 1 is 0.889 bits per heavy atom. The van der Waals surface area contributed by atoms with Gasteiger partial charge in [0.15, 0.2) is 0 Å². The molecule has 0 amide bonds. The van der Waals surface area contributed by atoms with Crippen LogP contribution in [0.2, 0.25) is 0 Å². The molecule has 0 aromatic heterocycles. The third-order valence-electron chi connectivity index (χ3n) is 3.17. The highest BCUT2D eigenvalue weighted by Gasteiger charge is 2.06. The van der Waals surface area contributed by atoms with E-state index in [1.54, 1.807) is 0 Å². The van der Waals surface area contributed by atoms with Gasteiger partial charge in [0, 0.05) is 3.57 Å². The fourth-order valence-electron chi connectivity index (χ4n) is 1.88. The molecule has 2 aromatic carbocycles. The van der Waals surface area contributed by atoms with Gasteiger partial charge >= 0.3 is 0 Å². The summed E-state index contributed by atoms with van der Waals surface area (Å²) < 4.78 is 7.22. The third-order valence-corrected chi connectivity index (χ3v) is 3.89. The molecular weight excluding hydrogens is 335 g/mol. The highest BCUT2D eigenvalue weighted by Crippen LogP contribution is 2.26. The highest BCUT2D eigenvalue weighted by molar-refractivity contribution is 14.1. The number of benzene rings is 2. The Kier molecular flexibility index (Phi) is 4.27. The normalized spacial score (nSPS) is 10.4. The van der Waals surface area contributed by atoms with Crippen LogP contribution in [0.1, 0.15) is 22.3 Å². The van der Waals surface area contributed by atoms with E-state index in [0.29, 0.717) is 6.61 Å². The summed E-state index contributed by atoms with van der Waals surface area (Å²) in [7, 11) is 0. The van der Waals surface area contributed by atoms with Crippen molar-refractivity contribution >= 4 is 22.6 Å². The first-order chi connectivity index (χ1) is 8.58. The number of hydrogen-bond acceptors (Lipinski definition) is 1. The van der Waals surface area contributed by atoms with Crippen molar-refractivity contribution in [2.24, 2.45) is 0 Å². The Labute approximate surface area is 122 Å². The summed E-state index contributed by atoms with van der Waals surface area (Å²) in [6.45, 7) is 6.95. The van der Waals surface area contributed by atoms with Crippen LogP contribution in [0.25, 0.3) is 0 Å². The molecule has 0 aliphatic rings. The van der Waals surface area contributed by atoms with Crippen LogP contribution in [-0.4, -0.2) is 0 Å². The van der Waals surface area contributed by atoms with Crippen LogP contribution in [-0.2, 0) is 6.61 Å². The summed E-state index contributed by atoms with van der Waals surface area (Å²) in [5.41, 5.74) is 4.91. The van der Waals surface area contributed by atoms with Crippen molar-refractivity contribution in [3.8, 4) is 5.75 Å². The average Bonchev–Trinajstić information content (AvgIpc) is 2.36. The molecule has 0 bridgehead atoms. The van der Waals surface area contributed by atoms with E-state index < -0.39 is 0 Å². The lowest BCUT2D eigenvalue weighted by Gasteiger charge is -2.14. The Bertz CT molecular complexity index is 544. The molecule has 1 nitrogen and oxygen atoms in total. The van der Waals surface area contributed by atoms with Gasteiger partial charge in [-0.25, -0.2) is 0 Å². The Hall–Kier alpha value is -1.03. The molecule has 2 rings (SSSR count). The van der Waals surface area contributed by atoms with E-state index in [2.05, 4.69) is 79.8 Å². The van der Waals surface area contributed by atoms with Crippen LogP contribution >= 0.6 is 22.6 Å². The molecule has 94 valence electrons. The minimum atomic E-state index is 0.627. The zero-order valence-electron chi connectivity index (χ0n) is 11.0. The molecule has 0 aliphatic heterocycles. The maximum Gasteiger partial charge on any atom is 0.125 e. The lowest BCUT2D eigenvalue weighted by Crippen LogP contribution is -2.00. The maximum absolute atomic E-state index is 5.97. The molecule has 0 heterocycles. The van der Waals surface area contributed by atoms with E-state index in [-0.39, 0.29) is 0 Å². The lowest BCUT2D eigenvalue weighted by molar-refractivity contribution is 0.301. The predicted molar refractivity (Wildman–Crippen MR) is 84.1 cm³/mol. The summed E-state index contributed by atoms with van der Waals surface area (Å²) in [5.74, 6) is 1.02. The van der Waals surface area contributed by atoms with Gasteiger partial charge in [0.25, 0.3) is 0 Å². The number of aryl methyl sites for hydroxylation is 2. The molecule has 0 N–H and O–H groups in total. The quantitative estimate of drug-likeness (QED) is 0.722. The first-order valence-electron chi connectivity index (χ1n) is 6.02. The monoisotopic (exact) mass is 352 g/mol. The topological polar surface area (TPSA) is 9.23 Å². The highest BCUT2D eigenvalue weighted by atomic mass is 127. The second-order valence-electron chi connectivity index (χ2n) is 4.57. The number of halogens is 1. The smallest absolute Gasteiger partial charge is 0.125 e. The molecule has 18 heavy (non-hydrogen) atoms. The Balaban J connectivity index is 2.15. The second-order valence-corrected chi connectivity index (χ2v) is 5.81. The molecule has 0 saturated carbocycles. The van der Waals surface area contributed by atoms with Crippen molar-refractivity contribution in [3.63, 3.8) is 0 Å². The van der Waals surface area contributed by atoms with Crippen LogP contribution in [0.5, 0.6) is 5.75 Å². The number of hydrogen-bond donors (Lipinski definition) is 0. The number of rotatable bonds is 3. The first kappa shape index (κ1) is 13.4. The minimum Gasteiger partial charge on any atom is -0.488 e.